The number of hydrogen-bond acceptors (Lipinski definition) is 3. The molecule has 1 saturated heterocycles. The Morgan fingerprint density at radius 1 is 1.00 bits per heavy atom. The first-order valence-electron chi connectivity index (χ1n) is 8.16. The van der Waals surface area contributed by atoms with Gasteiger partial charge in [-0.15, -0.1) is 0 Å². The summed E-state index contributed by atoms with van der Waals surface area (Å²) in [6.07, 6.45) is 6.25. The monoisotopic (exact) mass is 301 g/mol. The molecule has 1 aromatic carbocycles. The normalized spacial score (nSPS) is 20.1. The summed E-state index contributed by atoms with van der Waals surface area (Å²) in [5, 5.41) is 0. The van der Waals surface area contributed by atoms with Crippen LogP contribution in [0.15, 0.2) is 24.3 Å². The average Bonchev–Trinajstić information content (AvgIpc) is 3.25. The number of amides is 1. The molecule has 118 valence electrons. The van der Waals surface area contributed by atoms with Gasteiger partial charge < -0.3 is 9.64 Å². The smallest absolute Gasteiger partial charge is 0.337 e. The van der Waals surface area contributed by atoms with Crippen LogP contribution in [0.4, 0.5) is 0 Å². The summed E-state index contributed by atoms with van der Waals surface area (Å²) in [5.41, 5.74) is 1.21. The van der Waals surface area contributed by atoms with Gasteiger partial charge in [0.15, 0.2) is 0 Å². The Morgan fingerprint density at radius 3 is 2.14 bits per heavy atom. The number of esters is 1. The first kappa shape index (κ1) is 15.1. The molecule has 1 aromatic rings. The molecule has 0 radical (unpaired) electrons. The molecule has 0 bridgehead atoms. The molecule has 1 amide bonds. The minimum atomic E-state index is -0.376. The van der Waals surface area contributed by atoms with Crippen LogP contribution in [-0.2, 0) is 14.9 Å². The number of carbonyl (C=O) groups excluding carboxylic acids is 2. The van der Waals surface area contributed by atoms with Crippen molar-refractivity contribution in [1.82, 2.24) is 4.90 Å². The number of nitrogens with zero attached hydrogens (tertiary/aromatic N) is 1. The predicted molar refractivity (Wildman–Crippen MR) is 83.7 cm³/mol. The van der Waals surface area contributed by atoms with Crippen molar-refractivity contribution in [2.75, 3.05) is 20.2 Å². The van der Waals surface area contributed by atoms with Crippen LogP contribution in [0.1, 0.15) is 54.4 Å². The predicted octanol–water partition coefficient (Wildman–Crippen LogP) is 2.91. The van der Waals surface area contributed by atoms with Gasteiger partial charge in [0.25, 0.3) is 0 Å². The highest BCUT2D eigenvalue weighted by Gasteiger charge is 2.45. The van der Waals surface area contributed by atoms with E-state index in [-0.39, 0.29) is 17.3 Å². The summed E-state index contributed by atoms with van der Waals surface area (Å²) in [6, 6.07) is 7.42. The zero-order valence-electron chi connectivity index (χ0n) is 13.1. The minimum Gasteiger partial charge on any atom is -0.465 e. The third-order valence-corrected chi connectivity index (χ3v) is 5.12. The number of hydrogen-bond donors (Lipinski definition) is 0. The summed E-state index contributed by atoms with van der Waals surface area (Å²) in [6.45, 7) is 1.78. The lowest BCUT2D eigenvalue weighted by molar-refractivity contribution is -0.136. The zero-order valence-corrected chi connectivity index (χ0v) is 13.1. The fraction of sp³-hybridized carbons (Fsp3) is 0.556. The van der Waals surface area contributed by atoms with Crippen molar-refractivity contribution in [2.45, 2.75) is 43.9 Å². The highest BCUT2D eigenvalue weighted by molar-refractivity contribution is 5.91. The largest absolute Gasteiger partial charge is 0.465 e. The van der Waals surface area contributed by atoms with Gasteiger partial charge in [-0.2, -0.15) is 0 Å². The van der Waals surface area contributed by atoms with Gasteiger partial charge in [0.1, 0.15) is 0 Å². The molecular weight excluding hydrogens is 278 g/mol. The summed E-state index contributed by atoms with van der Waals surface area (Å²) in [7, 11) is 1.38. The number of methoxy groups -OCH3 is 1. The minimum absolute atomic E-state index is 0.285. The molecule has 1 saturated carbocycles. The molecule has 4 nitrogen and oxygen atoms in total. The van der Waals surface area contributed by atoms with Crippen molar-refractivity contribution in [1.29, 1.82) is 0 Å². The van der Waals surface area contributed by atoms with E-state index in [1.54, 1.807) is 12.1 Å². The Bertz CT molecular complexity index is 552. The number of rotatable bonds is 3. The van der Waals surface area contributed by atoms with Crippen LogP contribution in [0.3, 0.4) is 0 Å². The van der Waals surface area contributed by atoms with Gasteiger partial charge in [-0.1, -0.05) is 25.0 Å². The molecule has 22 heavy (non-hydrogen) atoms. The van der Waals surface area contributed by atoms with Crippen LogP contribution in [0.25, 0.3) is 0 Å². The van der Waals surface area contributed by atoms with Crippen LogP contribution in [-0.4, -0.2) is 37.0 Å². The van der Waals surface area contributed by atoms with Gasteiger partial charge in [-0.05, 0) is 43.4 Å². The summed E-state index contributed by atoms with van der Waals surface area (Å²) >= 11 is 0. The second-order valence-corrected chi connectivity index (χ2v) is 6.36. The quantitative estimate of drug-likeness (QED) is 0.807. The van der Waals surface area contributed by atoms with E-state index in [2.05, 4.69) is 0 Å². The maximum atomic E-state index is 13.1. The molecule has 0 spiro atoms. The van der Waals surface area contributed by atoms with Gasteiger partial charge in [-0.3, -0.25) is 4.79 Å². The van der Waals surface area contributed by atoms with Crippen LogP contribution < -0.4 is 0 Å². The van der Waals surface area contributed by atoms with Crippen LogP contribution in [0.5, 0.6) is 0 Å². The van der Waals surface area contributed by atoms with E-state index in [9.17, 15) is 9.59 Å². The molecule has 0 atom stereocenters. The van der Waals surface area contributed by atoms with E-state index in [0.717, 1.165) is 57.2 Å². The SMILES string of the molecule is COC(=O)c1ccc(C2(C(=O)N3CCCC3)CCCC2)cc1. The zero-order chi connectivity index (χ0) is 15.6. The maximum Gasteiger partial charge on any atom is 0.337 e. The van der Waals surface area contributed by atoms with Crippen molar-refractivity contribution in [3.8, 4) is 0 Å². The second-order valence-electron chi connectivity index (χ2n) is 6.36. The van der Waals surface area contributed by atoms with Gasteiger partial charge in [0, 0.05) is 13.1 Å². The molecule has 1 aliphatic carbocycles. The lowest BCUT2D eigenvalue weighted by Crippen LogP contribution is -2.44. The summed E-state index contributed by atoms with van der Waals surface area (Å²) in [5.74, 6) is -0.0498. The molecule has 1 aliphatic heterocycles. The van der Waals surface area contributed by atoms with E-state index in [1.165, 1.54) is 7.11 Å². The van der Waals surface area contributed by atoms with Crippen molar-refractivity contribution in [3.05, 3.63) is 35.4 Å². The molecule has 2 aliphatic rings. The van der Waals surface area contributed by atoms with Gasteiger partial charge in [-0.25, -0.2) is 4.79 Å². The van der Waals surface area contributed by atoms with Crippen molar-refractivity contribution >= 4 is 11.9 Å². The highest BCUT2D eigenvalue weighted by Crippen LogP contribution is 2.43. The van der Waals surface area contributed by atoms with E-state index in [1.807, 2.05) is 17.0 Å². The van der Waals surface area contributed by atoms with Crippen LogP contribution in [0, 0.1) is 0 Å². The topological polar surface area (TPSA) is 46.6 Å². The number of carbonyl (C=O) groups is 2. The van der Waals surface area contributed by atoms with Crippen molar-refractivity contribution in [3.63, 3.8) is 0 Å². The van der Waals surface area contributed by atoms with E-state index < -0.39 is 0 Å². The Kier molecular flexibility index (Phi) is 4.19. The first-order valence-corrected chi connectivity index (χ1v) is 8.16. The maximum absolute atomic E-state index is 13.1. The lowest BCUT2D eigenvalue weighted by atomic mass is 9.77. The number of likely N-dealkylation sites (tertiary alicyclic amines) is 1. The molecule has 2 fully saturated rings. The molecule has 0 unspecified atom stereocenters. The Morgan fingerprint density at radius 2 is 1.59 bits per heavy atom. The number of benzene rings is 1. The van der Waals surface area contributed by atoms with E-state index in [0.29, 0.717) is 5.56 Å². The molecule has 0 aromatic heterocycles. The van der Waals surface area contributed by atoms with E-state index >= 15 is 0 Å². The Balaban J connectivity index is 1.90. The third kappa shape index (κ3) is 2.51. The van der Waals surface area contributed by atoms with Crippen molar-refractivity contribution < 1.29 is 14.3 Å². The summed E-state index contributed by atoms with van der Waals surface area (Å²) < 4.78 is 4.74. The fourth-order valence-electron chi connectivity index (χ4n) is 3.87. The molecular formula is C18H23NO3. The van der Waals surface area contributed by atoms with Crippen LogP contribution in [0.2, 0.25) is 0 Å². The van der Waals surface area contributed by atoms with Gasteiger partial charge in [0.2, 0.25) is 5.91 Å². The third-order valence-electron chi connectivity index (χ3n) is 5.12. The Labute approximate surface area is 131 Å². The summed E-state index contributed by atoms with van der Waals surface area (Å²) in [4.78, 5) is 26.7. The van der Waals surface area contributed by atoms with Crippen molar-refractivity contribution in [2.24, 2.45) is 0 Å². The molecule has 4 heteroatoms. The average molecular weight is 301 g/mol. The first-order chi connectivity index (χ1) is 10.7. The molecule has 3 rings (SSSR count). The van der Waals surface area contributed by atoms with E-state index in [4.69, 9.17) is 4.74 Å². The molecule has 0 N–H and O–H groups in total. The van der Waals surface area contributed by atoms with Crippen LogP contribution >= 0.6 is 0 Å². The number of ether oxygens (including phenoxy) is 1. The van der Waals surface area contributed by atoms with Gasteiger partial charge >= 0.3 is 5.97 Å². The standard InChI is InChI=1S/C18H23NO3/c1-22-16(20)14-6-8-15(9-7-14)18(10-2-3-11-18)17(21)19-12-4-5-13-19/h6-9H,2-5,10-13H2,1H3. The Hall–Kier alpha value is -1.84. The second kappa shape index (κ2) is 6.11. The lowest BCUT2D eigenvalue weighted by Gasteiger charge is -2.33. The fourth-order valence-corrected chi connectivity index (χ4v) is 3.87. The van der Waals surface area contributed by atoms with Gasteiger partial charge in [0.05, 0.1) is 18.1 Å². The molecule has 1 heterocycles. The highest BCUT2D eigenvalue weighted by atomic mass is 16.5.